The maximum atomic E-state index is 12.5. The normalized spacial score (nSPS) is 10.2. The lowest BCUT2D eigenvalue weighted by atomic mass is 10.1. The van der Waals surface area contributed by atoms with Gasteiger partial charge in [-0.15, -0.1) is 0 Å². The van der Waals surface area contributed by atoms with Crippen LogP contribution in [0.15, 0.2) is 42.5 Å². The molecule has 2 rings (SSSR count). The Balaban J connectivity index is 2.16. The molecule has 2 N–H and O–H groups in total. The molecule has 132 valence electrons. The van der Waals surface area contributed by atoms with Gasteiger partial charge in [-0.2, -0.15) is 0 Å². The zero-order chi connectivity index (χ0) is 18.4. The fourth-order valence-corrected chi connectivity index (χ4v) is 2.71. The Labute approximate surface area is 149 Å². The van der Waals surface area contributed by atoms with E-state index in [0.717, 1.165) is 30.0 Å². The molecule has 0 saturated heterocycles. The van der Waals surface area contributed by atoms with E-state index in [1.807, 2.05) is 19.1 Å². The van der Waals surface area contributed by atoms with Crippen molar-refractivity contribution in [1.29, 1.82) is 0 Å². The molecule has 0 unspecified atom stereocenters. The molecule has 5 nitrogen and oxygen atoms in total. The summed E-state index contributed by atoms with van der Waals surface area (Å²) in [6, 6.07) is 12.9. The number of rotatable bonds is 6. The van der Waals surface area contributed by atoms with Crippen molar-refractivity contribution in [2.45, 2.75) is 27.7 Å². The zero-order valence-corrected chi connectivity index (χ0v) is 15.2. The van der Waals surface area contributed by atoms with Gasteiger partial charge in [0.1, 0.15) is 0 Å². The number of amides is 2. The number of anilines is 3. The number of carbonyl (C=O) groups excluding carboxylic acids is 2. The van der Waals surface area contributed by atoms with E-state index in [1.54, 1.807) is 24.3 Å². The lowest BCUT2D eigenvalue weighted by Crippen LogP contribution is -2.22. The molecule has 2 amide bonds. The number of hydrogen-bond acceptors (Lipinski definition) is 3. The van der Waals surface area contributed by atoms with E-state index in [4.69, 9.17) is 0 Å². The van der Waals surface area contributed by atoms with Crippen LogP contribution in [0.4, 0.5) is 17.1 Å². The molecule has 0 radical (unpaired) electrons. The number of nitrogens with one attached hydrogen (secondary N) is 2. The quantitative estimate of drug-likeness (QED) is 0.834. The van der Waals surface area contributed by atoms with Crippen molar-refractivity contribution in [1.82, 2.24) is 0 Å². The molecule has 25 heavy (non-hydrogen) atoms. The Morgan fingerprint density at radius 3 is 2.32 bits per heavy atom. The van der Waals surface area contributed by atoms with Crippen molar-refractivity contribution in [3.05, 3.63) is 53.6 Å². The van der Waals surface area contributed by atoms with Crippen LogP contribution < -0.4 is 15.5 Å². The highest BCUT2D eigenvalue weighted by Crippen LogP contribution is 2.23. The average Bonchev–Trinajstić information content (AvgIpc) is 2.58. The molecule has 0 spiro atoms. The van der Waals surface area contributed by atoms with Crippen LogP contribution in [-0.4, -0.2) is 24.9 Å². The molecule has 0 atom stereocenters. The molecule has 0 fully saturated rings. The van der Waals surface area contributed by atoms with Gasteiger partial charge in [-0.1, -0.05) is 6.07 Å². The Morgan fingerprint density at radius 2 is 1.72 bits per heavy atom. The summed E-state index contributed by atoms with van der Waals surface area (Å²) in [4.78, 5) is 25.9. The molecule has 0 aliphatic rings. The van der Waals surface area contributed by atoms with E-state index in [-0.39, 0.29) is 11.8 Å². The minimum absolute atomic E-state index is 0.166. The Kier molecular flexibility index (Phi) is 6.17. The smallest absolute Gasteiger partial charge is 0.255 e. The SMILES string of the molecule is CCN(CC)c1ccc(NC(=O)c2cccc(NC(C)=O)c2)c(C)c1. The highest BCUT2D eigenvalue weighted by Gasteiger charge is 2.10. The number of aryl methyl sites for hydroxylation is 1. The molecular formula is C20H25N3O2. The second-order valence-corrected chi connectivity index (χ2v) is 5.89. The molecular weight excluding hydrogens is 314 g/mol. The topological polar surface area (TPSA) is 61.4 Å². The molecule has 2 aromatic rings. The molecule has 0 bridgehead atoms. The lowest BCUT2D eigenvalue weighted by Gasteiger charge is -2.22. The summed E-state index contributed by atoms with van der Waals surface area (Å²) in [6.07, 6.45) is 0. The first-order valence-corrected chi connectivity index (χ1v) is 8.49. The van der Waals surface area contributed by atoms with Crippen LogP contribution >= 0.6 is 0 Å². The molecule has 5 heteroatoms. The third-order valence-electron chi connectivity index (χ3n) is 4.03. The van der Waals surface area contributed by atoms with Gasteiger partial charge in [0.15, 0.2) is 0 Å². The zero-order valence-electron chi connectivity index (χ0n) is 15.2. The van der Waals surface area contributed by atoms with Crippen LogP contribution in [0, 0.1) is 6.92 Å². The van der Waals surface area contributed by atoms with Crippen molar-refractivity contribution in [3.8, 4) is 0 Å². The van der Waals surface area contributed by atoms with Crippen LogP contribution in [0.25, 0.3) is 0 Å². The van der Waals surface area contributed by atoms with E-state index in [0.29, 0.717) is 11.3 Å². The van der Waals surface area contributed by atoms with Gasteiger partial charge in [-0.05, 0) is 62.7 Å². The maximum Gasteiger partial charge on any atom is 0.255 e. The van der Waals surface area contributed by atoms with Crippen molar-refractivity contribution < 1.29 is 9.59 Å². The third kappa shape index (κ3) is 4.83. The van der Waals surface area contributed by atoms with E-state index in [2.05, 4.69) is 35.4 Å². The second kappa shape index (κ2) is 8.33. The number of carbonyl (C=O) groups is 2. The van der Waals surface area contributed by atoms with Crippen LogP contribution in [-0.2, 0) is 4.79 Å². The summed E-state index contributed by atoms with van der Waals surface area (Å²) in [5.41, 5.74) is 4.04. The Bertz CT molecular complexity index is 767. The van der Waals surface area contributed by atoms with E-state index in [9.17, 15) is 9.59 Å². The highest BCUT2D eigenvalue weighted by molar-refractivity contribution is 6.05. The maximum absolute atomic E-state index is 12.5. The van der Waals surface area contributed by atoms with Crippen molar-refractivity contribution >= 4 is 28.9 Å². The Morgan fingerprint density at radius 1 is 1.00 bits per heavy atom. The van der Waals surface area contributed by atoms with E-state index >= 15 is 0 Å². The summed E-state index contributed by atoms with van der Waals surface area (Å²) in [5.74, 6) is -0.369. The highest BCUT2D eigenvalue weighted by atomic mass is 16.2. The third-order valence-corrected chi connectivity index (χ3v) is 4.03. The minimum atomic E-state index is -0.203. The van der Waals surface area contributed by atoms with Crippen molar-refractivity contribution in [2.24, 2.45) is 0 Å². The van der Waals surface area contributed by atoms with E-state index in [1.165, 1.54) is 6.92 Å². The summed E-state index contributed by atoms with van der Waals surface area (Å²) in [7, 11) is 0. The van der Waals surface area contributed by atoms with Crippen LogP contribution in [0.1, 0.15) is 36.7 Å². The lowest BCUT2D eigenvalue weighted by molar-refractivity contribution is -0.114. The summed E-state index contributed by atoms with van der Waals surface area (Å²) in [6.45, 7) is 9.55. The first-order chi connectivity index (χ1) is 11.9. The summed E-state index contributed by atoms with van der Waals surface area (Å²) in [5, 5.41) is 5.62. The van der Waals surface area contributed by atoms with Gasteiger partial charge in [0.25, 0.3) is 5.91 Å². The van der Waals surface area contributed by atoms with Crippen LogP contribution in [0.3, 0.4) is 0 Å². The summed E-state index contributed by atoms with van der Waals surface area (Å²) < 4.78 is 0. The standard InChI is InChI=1S/C20H25N3O2/c1-5-23(6-2)18-10-11-19(14(3)12-18)22-20(25)16-8-7-9-17(13-16)21-15(4)24/h7-13H,5-6H2,1-4H3,(H,21,24)(H,22,25). The summed E-state index contributed by atoms with van der Waals surface area (Å²) >= 11 is 0. The van der Waals surface area contributed by atoms with Crippen molar-refractivity contribution in [2.75, 3.05) is 28.6 Å². The second-order valence-electron chi connectivity index (χ2n) is 5.89. The molecule has 0 aromatic heterocycles. The number of benzene rings is 2. The average molecular weight is 339 g/mol. The number of hydrogen-bond donors (Lipinski definition) is 2. The predicted molar refractivity (Wildman–Crippen MR) is 103 cm³/mol. The van der Waals surface area contributed by atoms with Gasteiger partial charge in [0.05, 0.1) is 0 Å². The van der Waals surface area contributed by atoms with Gasteiger partial charge in [-0.3, -0.25) is 9.59 Å². The molecule has 0 aliphatic heterocycles. The van der Waals surface area contributed by atoms with Gasteiger partial charge >= 0.3 is 0 Å². The van der Waals surface area contributed by atoms with Gasteiger partial charge in [0.2, 0.25) is 5.91 Å². The Hall–Kier alpha value is -2.82. The van der Waals surface area contributed by atoms with Gasteiger partial charge < -0.3 is 15.5 Å². The van der Waals surface area contributed by atoms with Gasteiger partial charge in [-0.25, -0.2) is 0 Å². The fourth-order valence-electron chi connectivity index (χ4n) is 2.71. The van der Waals surface area contributed by atoms with Crippen molar-refractivity contribution in [3.63, 3.8) is 0 Å². The monoisotopic (exact) mass is 339 g/mol. The molecule has 0 aliphatic carbocycles. The largest absolute Gasteiger partial charge is 0.372 e. The minimum Gasteiger partial charge on any atom is -0.372 e. The molecule has 0 saturated carbocycles. The van der Waals surface area contributed by atoms with E-state index < -0.39 is 0 Å². The first kappa shape index (κ1) is 18.5. The molecule has 2 aromatic carbocycles. The molecule has 0 heterocycles. The number of nitrogens with zero attached hydrogens (tertiary/aromatic N) is 1. The predicted octanol–water partition coefficient (Wildman–Crippen LogP) is 4.05. The first-order valence-electron chi connectivity index (χ1n) is 8.49. The van der Waals surface area contributed by atoms with Crippen LogP contribution in [0.2, 0.25) is 0 Å². The van der Waals surface area contributed by atoms with Gasteiger partial charge in [0, 0.05) is 42.6 Å². The van der Waals surface area contributed by atoms with Crippen LogP contribution in [0.5, 0.6) is 0 Å². The fraction of sp³-hybridized carbons (Fsp3) is 0.300.